The fourth-order valence-corrected chi connectivity index (χ4v) is 2.70. The van der Waals surface area contributed by atoms with E-state index >= 15 is 0 Å². The summed E-state index contributed by atoms with van der Waals surface area (Å²) >= 11 is 0. The topological polar surface area (TPSA) is 61.8 Å². The van der Waals surface area contributed by atoms with Gasteiger partial charge in [0.25, 0.3) is 0 Å². The molecule has 22 heavy (non-hydrogen) atoms. The summed E-state index contributed by atoms with van der Waals surface area (Å²) in [6, 6.07) is 0. The maximum Gasteiger partial charge on any atom is 0.308 e. The number of benzene rings is 1. The fraction of sp³-hybridized carbons (Fsp3) is 0.529. The van der Waals surface area contributed by atoms with Crippen LogP contribution in [0.25, 0.3) is 0 Å². The van der Waals surface area contributed by atoms with E-state index in [1.54, 1.807) is 0 Å². The summed E-state index contributed by atoms with van der Waals surface area (Å²) in [5.41, 5.74) is 2.19. The molecule has 1 aliphatic rings. The Bertz CT molecular complexity index is 643. The molecule has 0 spiro atoms. The van der Waals surface area contributed by atoms with Gasteiger partial charge in [-0.15, -0.1) is 0 Å². The van der Waals surface area contributed by atoms with Gasteiger partial charge in [-0.05, 0) is 40.5 Å². The Morgan fingerprint density at radius 2 is 1.50 bits per heavy atom. The van der Waals surface area contributed by atoms with Crippen LogP contribution in [0.1, 0.15) is 50.8 Å². The molecule has 0 radical (unpaired) electrons. The van der Waals surface area contributed by atoms with Gasteiger partial charge in [-0.25, -0.2) is 0 Å². The molecule has 0 N–H and O–H groups in total. The fourth-order valence-electron chi connectivity index (χ4n) is 2.70. The number of carbonyl (C=O) groups excluding carboxylic acids is 2. The highest BCUT2D eigenvalue weighted by atomic mass is 16.6. The van der Waals surface area contributed by atoms with Gasteiger partial charge in [0.15, 0.2) is 11.5 Å². The van der Waals surface area contributed by atoms with Crippen molar-refractivity contribution in [3.8, 4) is 17.2 Å². The summed E-state index contributed by atoms with van der Waals surface area (Å²) in [5, 5.41) is 0. The zero-order valence-electron chi connectivity index (χ0n) is 14.0. The normalized spacial score (nSPS) is 15.5. The Morgan fingerprint density at radius 1 is 1.00 bits per heavy atom. The Balaban J connectivity index is 2.67. The minimum Gasteiger partial charge on any atom is -0.487 e. The van der Waals surface area contributed by atoms with Crippen molar-refractivity contribution < 1.29 is 23.8 Å². The number of esters is 2. The van der Waals surface area contributed by atoms with Crippen molar-refractivity contribution in [3.05, 3.63) is 16.7 Å². The molecule has 1 aromatic rings. The smallest absolute Gasteiger partial charge is 0.308 e. The number of fused-ring (bicyclic) bond motifs is 1. The van der Waals surface area contributed by atoms with E-state index in [0.29, 0.717) is 11.3 Å². The Kier molecular flexibility index (Phi) is 4.18. The minimum atomic E-state index is -0.467. The monoisotopic (exact) mass is 306 g/mol. The summed E-state index contributed by atoms with van der Waals surface area (Å²) in [6.45, 7) is 10.4. The van der Waals surface area contributed by atoms with E-state index in [-0.39, 0.29) is 11.4 Å². The lowest BCUT2D eigenvalue weighted by Crippen LogP contribution is -2.33. The van der Waals surface area contributed by atoms with Crippen LogP contribution in [0.4, 0.5) is 0 Å². The summed E-state index contributed by atoms with van der Waals surface area (Å²) in [4.78, 5) is 22.8. The van der Waals surface area contributed by atoms with Crippen LogP contribution >= 0.6 is 0 Å². The van der Waals surface area contributed by atoms with Crippen LogP contribution in [-0.2, 0) is 16.0 Å². The van der Waals surface area contributed by atoms with Gasteiger partial charge in [0, 0.05) is 30.5 Å². The van der Waals surface area contributed by atoms with Crippen LogP contribution in [0.2, 0.25) is 0 Å². The molecule has 0 amide bonds. The molecule has 0 saturated carbocycles. The van der Waals surface area contributed by atoms with Gasteiger partial charge in [0.05, 0.1) is 0 Å². The molecule has 0 saturated heterocycles. The van der Waals surface area contributed by atoms with Crippen molar-refractivity contribution in [1.29, 1.82) is 0 Å². The molecule has 0 atom stereocenters. The second-order valence-electron chi connectivity index (χ2n) is 6.26. The van der Waals surface area contributed by atoms with Gasteiger partial charge >= 0.3 is 11.9 Å². The van der Waals surface area contributed by atoms with E-state index in [1.807, 2.05) is 27.7 Å². The van der Waals surface area contributed by atoms with E-state index in [4.69, 9.17) is 14.2 Å². The largest absolute Gasteiger partial charge is 0.487 e. The Hall–Kier alpha value is -2.04. The average Bonchev–Trinajstić information content (AvgIpc) is 2.38. The van der Waals surface area contributed by atoms with Crippen LogP contribution in [0, 0.1) is 13.8 Å². The van der Waals surface area contributed by atoms with E-state index in [0.717, 1.165) is 29.7 Å². The van der Waals surface area contributed by atoms with Gasteiger partial charge in [-0.2, -0.15) is 0 Å². The van der Waals surface area contributed by atoms with Gasteiger partial charge < -0.3 is 14.2 Å². The third-order valence-electron chi connectivity index (χ3n) is 3.80. The first kappa shape index (κ1) is 16.3. The number of rotatable bonds is 2. The van der Waals surface area contributed by atoms with E-state index in [2.05, 4.69) is 0 Å². The third-order valence-corrected chi connectivity index (χ3v) is 3.80. The maximum absolute atomic E-state index is 11.4. The van der Waals surface area contributed by atoms with Crippen molar-refractivity contribution in [3.63, 3.8) is 0 Å². The van der Waals surface area contributed by atoms with Crippen molar-refractivity contribution in [2.75, 3.05) is 0 Å². The summed E-state index contributed by atoms with van der Waals surface area (Å²) in [7, 11) is 0. The molecule has 1 heterocycles. The quantitative estimate of drug-likeness (QED) is 0.620. The highest BCUT2D eigenvalue weighted by molar-refractivity contribution is 5.77. The Morgan fingerprint density at radius 3 is 2.00 bits per heavy atom. The van der Waals surface area contributed by atoms with Crippen LogP contribution in [0.3, 0.4) is 0 Å². The zero-order chi connectivity index (χ0) is 16.7. The number of hydrogen-bond donors (Lipinski definition) is 0. The van der Waals surface area contributed by atoms with Crippen LogP contribution in [-0.4, -0.2) is 17.5 Å². The predicted molar refractivity (Wildman–Crippen MR) is 81.6 cm³/mol. The standard InChI is InChI=1S/C17H22O5/c1-9-13-7-8-17(5,6)22-14(13)10(2)16(21-12(4)19)15(9)20-11(3)18/h7-8H2,1-6H3. The minimum absolute atomic E-state index is 0.261. The van der Waals surface area contributed by atoms with Crippen molar-refractivity contribution in [2.45, 2.75) is 60.0 Å². The van der Waals surface area contributed by atoms with Crippen molar-refractivity contribution in [2.24, 2.45) is 0 Å². The maximum atomic E-state index is 11.4. The highest BCUT2D eigenvalue weighted by Gasteiger charge is 2.33. The molecule has 0 fully saturated rings. The number of hydrogen-bond acceptors (Lipinski definition) is 5. The first-order valence-corrected chi connectivity index (χ1v) is 7.34. The average molecular weight is 306 g/mol. The molecule has 2 rings (SSSR count). The van der Waals surface area contributed by atoms with E-state index in [1.165, 1.54) is 13.8 Å². The summed E-state index contributed by atoms with van der Waals surface area (Å²) < 4.78 is 16.7. The molecule has 0 aliphatic carbocycles. The Labute approximate surface area is 130 Å². The number of ether oxygens (including phenoxy) is 3. The molecular formula is C17H22O5. The van der Waals surface area contributed by atoms with Crippen LogP contribution < -0.4 is 14.2 Å². The lowest BCUT2D eigenvalue weighted by atomic mass is 9.89. The molecule has 0 bridgehead atoms. The third kappa shape index (κ3) is 3.08. The van der Waals surface area contributed by atoms with Crippen molar-refractivity contribution >= 4 is 11.9 Å². The number of carbonyl (C=O) groups is 2. The van der Waals surface area contributed by atoms with Crippen molar-refractivity contribution in [1.82, 2.24) is 0 Å². The molecule has 120 valence electrons. The molecular weight excluding hydrogens is 284 g/mol. The van der Waals surface area contributed by atoms with Gasteiger partial charge in [-0.3, -0.25) is 9.59 Å². The molecule has 0 unspecified atom stereocenters. The molecule has 5 heteroatoms. The van der Waals surface area contributed by atoms with Gasteiger partial charge in [-0.1, -0.05) is 0 Å². The molecule has 1 aliphatic heterocycles. The van der Waals surface area contributed by atoms with E-state index < -0.39 is 11.9 Å². The second kappa shape index (κ2) is 5.63. The first-order valence-electron chi connectivity index (χ1n) is 7.34. The zero-order valence-corrected chi connectivity index (χ0v) is 14.0. The summed E-state index contributed by atoms with van der Waals surface area (Å²) in [5.74, 6) is 0.374. The van der Waals surface area contributed by atoms with Gasteiger partial charge in [0.2, 0.25) is 0 Å². The molecule has 5 nitrogen and oxygen atoms in total. The van der Waals surface area contributed by atoms with E-state index in [9.17, 15) is 9.59 Å². The predicted octanol–water partition coefficient (Wildman–Crippen LogP) is 3.26. The lowest BCUT2D eigenvalue weighted by Gasteiger charge is -2.35. The summed E-state index contributed by atoms with van der Waals surface area (Å²) in [6.07, 6.45) is 1.69. The molecule has 1 aromatic carbocycles. The van der Waals surface area contributed by atoms with Crippen LogP contribution in [0.5, 0.6) is 17.2 Å². The van der Waals surface area contributed by atoms with Crippen LogP contribution in [0.15, 0.2) is 0 Å². The highest BCUT2D eigenvalue weighted by Crippen LogP contribution is 2.47. The van der Waals surface area contributed by atoms with Gasteiger partial charge in [0.1, 0.15) is 11.4 Å². The molecule has 0 aromatic heterocycles. The lowest BCUT2D eigenvalue weighted by molar-refractivity contribution is -0.134. The SMILES string of the molecule is CC(=O)Oc1c(C)c2c(c(C)c1OC(C)=O)OC(C)(C)CC2. The first-order chi connectivity index (χ1) is 10.1. The second-order valence-corrected chi connectivity index (χ2v) is 6.26.